The van der Waals surface area contributed by atoms with E-state index in [4.69, 9.17) is 6.57 Å². The molecule has 12 aromatic carbocycles. The molecule has 0 heterocycles. The average molecular weight is 831 g/mol. The van der Waals surface area contributed by atoms with E-state index in [-0.39, 0.29) is 0 Å². The van der Waals surface area contributed by atoms with Gasteiger partial charge in [-0.25, -0.2) is 4.85 Å². The monoisotopic (exact) mass is 830 g/mol. The molecule has 0 N–H and O–H groups in total. The van der Waals surface area contributed by atoms with Gasteiger partial charge < -0.3 is 0 Å². The molecule has 2 nitrogen and oxygen atoms in total. The molecule has 2 heteroatoms. The summed E-state index contributed by atoms with van der Waals surface area (Å²) in [7, 11) is 0. The predicted molar refractivity (Wildman–Crippen MR) is 276 cm³/mol. The largest absolute Gasteiger partial charge is 0.238 e. The van der Waals surface area contributed by atoms with Crippen LogP contribution in [0.15, 0.2) is 206 Å². The highest BCUT2D eigenvalue weighted by Crippen LogP contribution is 2.55. The van der Waals surface area contributed by atoms with Crippen molar-refractivity contribution in [3.8, 4) is 95.1 Å². The SMILES string of the molecule is [C-]#[N+]c1ccc(-c2ccccc2)c(-c2cc3c4cc5c(cc4c(-c4cc(C#N)ccc4-c4ccccc4)cc3c3cc4c(cc23)-c2cccc3cccc-4c23)-c2cccc3cccc-5c23)c1. The molecule has 0 amide bonds. The Labute approximate surface area is 381 Å². The van der Waals surface area contributed by atoms with Gasteiger partial charge in [-0.05, 0) is 197 Å². The van der Waals surface area contributed by atoms with Gasteiger partial charge in [-0.15, -0.1) is 0 Å². The van der Waals surface area contributed by atoms with Gasteiger partial charge in [-0.2, -0.15) is 5.26 Å². The quantitative estimate of drug-likeness (QED) is 0.128. The van der Waals surface area contributed by atoms with Crippen LogP contribution in [0, 0.1) is 17.9 Å². The minimum atomic E-state index is 0.603. The summed E-state index contributed by atoms with van der Waals surface area (Å²) in [5.74, 6) is 0. The highest BCUT2D eigenvalue weighted by atomic mass is 14.6. The van der Waals surface area contributed by atoms with Crippen molar-refractivity contribution >= 4 is 59.5 Å². The molecule has 0 saturated carbocycles. The van der Waals surface area contributed by atoms with Crippen LogP contribution in [0.1, 0.15) is 5.56 Å². The van der Waals surface area contributed by atoms with E-state index in [0.29, 0.717) is 11.3 Å². The van der Waals surface area contributed by atoms with Gasteiger partial charge in [0.15, 0.2) is 5.69 Å². The minimum Gasteiger partial charge on any atom is -0.238 e. The van der Waals surface area contributed by atoms with E-state index in [1.807, 2.05) is 12.1 Å². The van der Waals surface area contributed by atoms with Crippen LogP contribution >= 0.6 is 0 Å². The van der Waals surface area contributed by atoms with Crippen LogP contribution in [0.3, 0.4) is 0 Å². The number of benzene rings is 12. The smallest absolute Gasteiger partial charge is 0.187 e. The van der Waals surface area contributed by atoms with Crippen molar-refractivity contribution in [2.45, 2.75) is 0 Å². The van der Waals surface area contributed by atoms with Crippen molar-refractivity contribution in [1.29, 1.82) is 5.26 Å². The third-order valence-corrected chi connectivity index (χ3v) is 14.3. The van der Waals surface area contributed by atoms with E-state index in [0.717, 1.165) is 76.8 Å². The standard InChI is InChI=1S/C64H34N2/c1-66-42-25-27-44(39-14-6-3-7-15-39)50(29-42)56-35-62-59-32-53-47-22-10-18-40-16-8-20-45(63(40)47)51(53)30-57(59)55(49-28-37(36-65)24-26-43(49)38-12-4-2-5-13-38)34-61(62)60-33-54-48-23-11-19-41-17-9-21-46(64(41)48)52(54)31-58(56)60/h2-35H. The maximum atomic E-state index is 10.4. The van der Waals surface area contributed by atoms with Crippen molar-refractivity contribution in [3.05, 3.63) is 223 Å². The van der Waals surface area contributed by atoms with Crippen molar-refractivity contribution in [1.82, 2.24) is 0 Å². The fourth-order valence-corrected chi connectivity index (χ4v) is 11.5. The Morgan fingerprint density at radius 1 is 0.303 bits per heavy atom. The first kappa shape index (κ1) is 36.4. The van der Waals surface area contributed by atoms with Gasteiger partial charge in [0, 0.05) is 0 Å². The topological polar surface area (TPSA) is 28.1 Å². The Morgan fingerprint density at radius 2 is 0.682 bits per heavy atom. The Morgan fingerprint density at radius 3 is 1.12 bits per heavy atom. The normalized spacial score (nSPS) is 11.9. The maximum Gasteiger partial charge on any atom is 0.187 e. The molecule has 14 rings (SSSR count). The number of nitriles is 1. The predicted octanol–water partition coefficient (Wildman–Crippen LogP) is 17.8. The van der Waals surface area contributed by atoms with Gasteiger partial charge >= 0.3 is 0 Å². The molecule has 0 radical (unpaired) electrons. The molecule has 12 aromatic rings. The lowest BCUT2D eigenvalue weighted by atomic mass is 9.82. The second-order valence-corrected chi connectivity index (χ2v) is 17.7. The summed E-state index contributed by atoms with van der Waals surface area (Å²) in [5, 5.41) is 22.3. The molecule has 66 heavy (non-hydrogen) atoms. The zero-order valence-electron chi connectivity index (χ0n) is 35.5. The van der Waals surface area contributed by atoms with Gasteiger partial charge in [0.05, 0.1) is 18.2 Å². The van der Waals surface area contributed by atoms with E-state index in [1.54, 1.807) is 0 Å². The van der Waals surface area contributed by atoms with Crippen molar-refractivity contribution < 1.29 is 0 Å². The molecular formula is C64H34N2. The van der Waals surface area contributed by atoms with Crippen LogP contribution in [0.25, 0.3) is 148 Å². The summed E-state index contributed by atoms with van der Waals surface area (Å²) in [6.07, 6.45) is 0. The number of hydrogen-bond donors (Lipinski definition) is 0. The molecular weight excluding hydrogens is 797 g/mol. The van der Waals surface area contributed by atoms with E-state index in [2.05, 4.69) is 205 Å². The zero-order valence-corrected chi connectivity index (χ0v) is 35.5. The van der Waals surface area contributed by atoms with Crippen LogP contribution in [-0.2, 0) is 0 Å². The lowest BCUT2D eigenvalue weighted by Crippen LogP contribution is -1.94. The summed E-state index contributed by atoms with van der Waals surface area (Å²) >= 11 is 0. The lowest BCUT2D eigenvalue weighted by Gasteiger charge is -2.21. The molecule has 0 bridgehead atoms. The Balaban J connectivity index is 1.19. The van der Waals surface area contributed by atoms with Crippen LogP contribution in [0.5, 0.6) is 0 Å². The second-order valence-electron chi connectivity index (χ2n) is 17.7. The van der Waals surface area contributed by atoms with Crippen LogP contribution in [-0.4, -0.2) is 0 Å². The zero-order chi connectivity index (χ0) is 43.6. The van der Waals surface area contributed by atoms with Crippen molar-refractivity contribution in [3.63, 3.8) is 0 Å². The number of nitrogens with zero attached hydrogens (tertiary/aromatic N) is 2. The number of hydrogen-bond acceptors (Lipinski definition) is 1. The van der Waals surface area contributed by atoms with Gasteiger partial charge in [0.2, 0.25) is 0 Å². The Kier molecular flexibility index (Phi) is 7.56. The fourth-order valence-electron chi connectivity index (χ4n) is 11.5. The fraction of sp³-hybridized carbons (Fsp3) is 0. The molecule has 0 spiro atoms. The molecule has 0 saturated heterocycles. The summed E-state index contributed by atoms with van der Waals surface area (Å²) in [4.78, 5) is 3.99. The maximum absolute atomic E-state index is 10.4. The van der Waals surface area contributed by atoms with Crippen molar-refractivity contribution in [2.24, 2.45) is 0 Å². The van der Waals surface area contributed by atoms with E-state index in [9.17, 15) is 5.26 Å². The molecule has 0 aliphatic heterocycles. The van der Waals surface area contributed by atoms with Gasteiger partial charge in [0.25, 0.3) is 0 Å². The van der Waals surface area contributed by atoms with E-state index >= 15 is 0 Å². The average Bonchev–Trinajstić information content (AvgIpc) is 3.87. The highest BCUT2D eigenvalue weighted by molar-refractivity contribution is 6.29. The van der Waals surface area contributed by atoms with E-state index < -0.39 is 0 Å². The van der Waals surface area contributed by atoms with Crippen molar-refractivity contribution in [2.75, 3.05) is 0 Å². The molecule has 2 aliphatic rings. The molecule has 2 aliphatic carbocycles. The van der Waals surface area contributed by atoms with Gasteiger partial charge in [0.1, 0.15) is 0 Å². The molecule has 0 atom stereocenters. The number of rotatable bonds is 4. The first-order valence-corrected chi connectivity index (χ1v) is 22.4. The summed E-state index contributed by atoms with van der Waals surface area (Å²) in [6, 6.07) is 77.0. The van der Waals surface area contributed by atoms with Crippen LogP contribution in [0.4, 0.5) is 5.69 Å². The first-order valence-electron chi connectivity index (χ1n) is 22.4. The summed E-state index contributed by atoms with van der Waals surface area (Å²) in [5.41, 5.74) is 19.7. The van der Waals surface area contributed by atoms with Crippen LogP contribution < -0.4 is 0 Å². The third kappa shape index (κ3) is 5.10. The van der Waals surface area contributed by atoms with E-state index in [1.165, 1.54) is 66.1 Å². The van der Waals surface area contributed by atoms with Gasteiger partial charge in [-0.1, -0.05) is 152 Å². The Bertz CT molecular complexity index is 3940. The Hall–Kier alpha value is -9.08. The molecule has 0 aromatic heterocycles. The summed E-state index contributed by atoms with van der Waals surface area (Å²) < 4.78 is 0. The highest BCUT2D eigenvalue weighted by Gasteiger charge is 2.28. The molecule has 300 valence electrons. The minimum absolute atomic E-state index is 0.603. The molecule has 0 fully saturated rings. The number of fused-ring (bicyclic) bond motifs is 11. The third-order valence-electron chi connectivity index (χ3n) is 14.3. The second kappa shape index (κ2) is 13.7. The lowest BCUT2D eigenvalue weighted by molar-refractivity contribution is 1.48. The molecule has 0 unspecified atom stereocenters. The van der Waals surface area contributed by atoms with Crippen LogP contribution in [0.2, 0.25) is 0 Å². The van der Waals surface area contributed by atoms with Gasteiger partial charge in [-0.3, -0.25) is 0 Å². The first-order chi connectivity index (χ1) is 32.6. The summed E-state index contributed by atoms with van der Waals surface area (Å²) in [6.45, 7) is 8.21.